The summed E-state index contributed by atoms with van der Waals surface area (Å²) in [6.07, 6.45) is 7.00. The molecule has 3 aromatic rings. The van der Waals surface area contributed by atoms with Gasteiger partial charge in [-0.05, 0) is 35.9 Å². The van der Waals surface area contributed by atoms with E-state index in [0.29, 0.717) is 27.4 Å². The zero-order valence-corrected chi connectivity index (χ0v) is 16.5. The molecule has 0 saturated heterocycles. The predicted molar refractivity (Wildman–Crippen MR) is 108 cm³/mol. The Morgan fingerprint density at radius 3 is 2.39 bits per heavy atom. The first kappa shape index (κ1) is 21.6. The van der Waals surface area contributed by atoms with Crippen molar-refractivity contribution in [2.45, 2.75) is 6.61 Å². The van der Waals surface area contributed by atoms with Crippen LogP contribution in [0.1, 0.15) is 11.1 Å². The van der Waals surface area contributed by atoms with Gasteiger partial charge in [0.15, 0.2) is 0 Å². The van der Waals surface area contributed by atoms with Gasteiger partial charge >= 0.3 is 0 Å². The van der Waals surface area contributed by atoms with Gasteiger partial charge in [-0.15, -0.1) is 10.1 Å². The summed E-state index contributed by atoms with van der Waals surface area (Å²) in [5, 5.41) is 15.4. The molecule has 7 nitrogen and oxygen atoms in total. The molecule has 3 rings (SSSR count). The first-order valence-electron chi connectivity index (χ1n) is 7.70. The zero-order chi connectivity index (χ0) is 20.5. The molecule has 0 unspecified atom stereocenters. The summed E-state index contributed by atoms with van der Waals surface area (Å²) in [5.41, 5.74) is 1.75. The van der Waals surface area contributed by atoms with Crippen molar-refractivity contribution in [1.82, 2.24) is 9.55 Å². The number of rotatable bonds is 5. The summed E-state index contributed by atoms with van der Waals surface area (Å²) < 4.78 is 7.78. The van der Waals surface area contributed by atoms with Gasteiger partial charge in [0.25, 0.3) is 5.09 Å². The molecule has 0 bridgehead atoms. The number of aromatic nitrogens is 2. The Bertz CT molecular complexity index is 941. The Morgan fingerprint density at radius 2 is 1.82 bits per heavy atom. The van der Waals surface area contributed by atoms with Crippen LogP contribution in [0.25, 0.3) is 12.0 Å². The highest BCUT2D eigenvalue weighted by molar-refractivity contribution is 6.35. The van der Waals surface area contributed by atoms with E-state index in [1.807, 2.05) is 42.7 Å². The number of nitrogens with zero attached hydrogens (tertiary/aromatic N) is 3. The Balaban J connectivity index is 0.000000640. The fourth-order valence-corrected chi connectivity index (χ4v) is 2.72. The number of ether oxygens (including phenoxy) is 1. The molecule has 0 fully saturated rings. The summed E-state index contributed by atoms with van der Waals surface area (Å²) in [5.74, 6) is 0.615. The van der Waals surface area contributed by atoms with E-state index >= 15 is 0 Å². The van der Waals surface area contributed by atoms with E-state index in [2.05, 4.69) is 4.98 Å². The smallest absolute Gasteiger partial charge is 0.291 e. The van der Waals surface area contributed by atoms with Gasteiger partial charge < -0.3 is 14.5 Å². The maximum Gasteiger partial charge on any atom is 0.291 e. The normalized spacial score (nSPS) is 10.8. The van der Waals surface area contributed by atoms with Crippen molar-refractivity contribution < 1.29 is 15.0 Å². The van der Waals surface area contributed by atoms with Crippen LogP contribution >= 0.6 is 34.8 Å². The molecule has 28 heavy (non-hydrogen) atoms. The van der Waals surface area contributed by atoms with E-state index < -0.39 is 5.09 Å². The molecule has 0 aliphatic heterocycles. The third-order valence-corrected chi connectivity index (χ3v) is 4.10. The van der Waals surface area contributed by atoms with E-state index in [1.165, 1.54) is 0 Å². The standard InChI is InChI=1S/C18H13Cl3N2O.HNO3/c19-14-3-1-13(2-4-14)11-24-18(10-23-8-7-22-12-23)16-6-5-15(20)9-17(16)21;2-1(3)4/h1-10,12H,11H2;(H,2,3,4)/b18-10+;. The lowest BCUT2D eigenvalue weighted by Crippen LogP contribution is -1.97. The van der Waals surface area contributed by atoms with Gasteiger partial charge in [-0.1, -0.05) is 46.9 Å². The van der Waals surface area contributed by atoms with Crippen molar-refractivity contribution >= 4 is 46.8 Å². The SMILES string of the molecule is Clc1ccc(CO/C(=C/n2ccnc2)c2ccc(Cl)cc2Cl)cc1.O=[N+]([O-])O. The quantitative estimate of drug-likeness (QED) is 0.312. The molecule has 0 atom stereocenters. The second kappa shape index (κ2) is 10.6. The Kier molecular flexibility index (Phi) is 8.13. The van der Waals surface area contributed by atoms with Gasteiger partial charge in [0.1, 0.15) is 12.4 Å². The summed E-state index contributed by atoms with van der Waals surface area (Å²) in [4.78, 5) is 12.4. The summed E-state index contributed by atoms with van der Waals surface area (Å²) in [6.45, 7) is 0.386. The second-order valence-electron chi connectivity index (χ2n) is 5.28. The molecule has 0 aliphatic rings. The highest BCUT2D eigenvalue weighted by atomic mass is 35.5. The van der Waals surface area contributed by atoms with Crippen LogP contribution in [0.5, 0.6) is 0 Å². The summed E-state index contributed by atoms with van der Waals surface area (Å²) in [6, 6.07) is 12.8. The highest BCUT2D eigenvalue weighted by Crippen LogP contribution is 2.29. The highest BCUT2D eigenvalue weighted by Gasteiger charge is 2.10. The van der Waals surface area contributed by atoms with Crippen molar-refractivity contribution in [1.29, 1.82) is 0 Å². The first-order valence-corrected chi connectivity index (χ1v) is 8.83. The molecule has 0 amide bonds. The summed E-state index contributed by atoms with van der Waals surface area (Å²) >= 11 is 18.2. The lowest BCUT2D eigenvalue weighted by Gasteiger charge is -2.13. The van der Waals surface area contributed by atoms with Crippen molar-refractivity contribution in [3.8, 4) is 0 Å². The molecule has 0 aliphatic carbocycles. The van der Waals surface area contributed by atoms with Gasteiger partial charge in [0.05, 0.1) is 17.5 Å². The Labute approximate surface area is 175 Å². The molecule has 146 valence electrons. The van der Waals surface area contributed by atoms with Crippen LogP contribution in [-0.2, 0) is 11.3 Å². The lowest BCUT2D eigenvalue weighted by molar-refractivity contribution is -0.742. The van der Waals surface area contributed by atoms with Crippen LogP contribution in [0.2, 0.25) is 15.1 Å². The number of hydrogen-bond donors (Lipinski definition) is 1. The lowest BCUT2D eigenvalue weighted by atomic mass is 10.2. The molecule has 1 heterocycles. The van der Waals surface area contributed by atoms with Crippen molar-refractivity contribution in [2.75, 3.05) is 0 Å². The Morgan fingerprint density at radius 1 is 1.18 bits per heavy atom. The monoisotopic (exact) mass is 441 g/mol. The van der Waals surface area contributed by atoms with Gasteiger partial charge in [-0.2, -0.15) is 0 Å². The largest absolute Gasteiger partial charge is 0.487 e. The van der Waals surface area contributed by atoms with Crippen LogP contribution in [0.4, 0.5) is 0 Å². The van der Waals surface area contributed by atoms with Crippen molar-refractivity contribution in [3.63, 3.8) is 0 Å². The minimum atomic E-state index is -1.50. The average Bonchev–Trinajstić information content (AvgIpc) is 3.13. The molecule has 0 radical (unpaired) electrons. The third-order valence-electron chi connectivity index (χ3n) is 3.30. The van der Waals surface area contributed by atoms with Crippen LogP contribution in [0.3, 0.4) is 0 Å². The van der Waals surface area contributed by atoms with E-state index in [-0.39, 0.29) is 0 Å². The van der Waals surface area contributed by atoms with Crippen molar-refractivity contribution in [3.05, 3.63) is 97.5 Å². The second-order valence-corrected chi connectivity index (χ2v) is 6.56. The zero-order valence-electron chi connectivity index (χ0n) is 14.2. The fourth-order valence-electron chi connectivity index (χ4n) is 2.10. The Hall–Kier alpha value is -2.74. The number of benzene rings is 2. The van der Waals surface area contributed by atoms with Crippen LogP contribution < -0.4 is 0 Å². The molecule has 1 aromatic heterocycles. The van der Waals surface area contributed by atoms with Crippen LogP contribution in [0, 0.1) is 10.1 Å². The average molecular weight is 443 g/mol. The molecule has 10 heteroatoms. The molecular weight excluding hydrogens is 429 g/mol. The number of halogens is 3. The van der Waals surface area contributed by atoms with E-state index in [4.69, 9.17) is 54.9 Å². The van der Waals surface area contributed by atoms with Gasteiger partial charge in [0.2, 0.25) is 0 Å². The number of imidazole rings is 1. The summed E-state index contributed by atoms with van der Waals surface area (Å²) in [7, 11) is 0. The fraction of sp³-hybridized carbons (Fsp3) is 0.0556. The maximum atomic E-state index is 8.36. The molecule has 0 spiro atoms. The first-order chi connectivity index (χ1) is 13.3. The topological polar surface area (TPSA) is 90.4 Å². The van der Waals surface area contributed by atoms with Crippen molar-refractivity contribution in [2.24, 2.45) is 0 Å². The predicted octanol–water partition coefficient (Wildman–Crippen LogP) is 5.67. The number of hydrogen-bond acceptors (Lipinski definition) is 4. The van der Waals surface area contributed by atoms with E-state index in [0.717, 1.165) is 11.1 Å². The van der Waals surface area contributed by atoms with Gasteiger partial charge in [-0.3, -0.25) is 0 Å². The van der Waals surface area contributed by atoms with E-state index in [9.17, 15) is 0 Å². The molecular formula is C18H14Cl3N3O4. The minimum absolute atomic E-state index is 0.386. The van der Waals surface area contributed by atoms with Crippen LogP contribution in [-0.4, -0.2) is 19.8 Å². The molecule has 0 saturated carbocycles. The van der Waals surface area contributed by atoms with Gasteiger partial charge in [0, 0.05) is 28.0 Å². The van der Waals surface area contributed by atoms with Gasteiger partial charge in [-0.25, -0.2) is 4.98 Å². The molecule has 1 N–H and O–H groups in total. The van der Waals surface area contributed by atoms with Crippen LogP contribution in [0.15, 0.2) is 61.2 Å². The third kappa shape index (κ3) is 7.11. The minimum Gasteiger partial charge on any atom is -0.487 e. The van der Waals surface area contributed by atoms with E-state index in [1.54, 1.807) is 29.2 Å². The maximum absolute atomic E-state index is 8.36. The molecule has 2 aromatic carbocycles.